The molecule has 0 saturated heterocycles. The number of aromatic carboxylic acids is 1. The Kier molecular flexibility index (Phi) is 4.33. The molecule has 0 amide bonds. The third-order valence-electron chi connectivity index (χ3n) is 2.79. The number of carboxylic acid groups (broad SMARTS) is 1. The van der Waals surface area contributed by atoms with Gasteiger partial charge in [0.05, 0.1) is 22.3 Å². The number of nitrogens with one attached hydrogen (secondary N) is 1. The highest BCUT2D eigenvalue weighted by molar-refractivity contribution is 9.10. The largest absolute Gasteiger partial charge is 0.478 e. The first-order valence-electron chi connectivity index (χ1n) is 5.86. The van der Waals surface area contributed by atoms with Crippen molar-refractivity contribution in [2.75, 3.05) is 5.32 Å². The van der Waals surface area contributed by atoms with Crippen molar-refractivity contribution in [1.82, 2.24) is 14.8 Å². The van der Waals surface area contributed by atoms with Crippen molar-refractivity contribution in [2.45, 2.75) is 20.0 Å². The van der Waals surface area contributed by atoms with E-state index in [2.05, 4.69) is 31.4 Å². The van der Waals surface area contributed by atoms with Crippen molar-refractivity contribution >= 4 is 27.6 Å². The number of nitrogens with zero attached hydrogens (tertiary/aromatic N) is 3. The van der Waals surface area contributed by atoms with Crippen LogP contribution in [0.15, 0.2) is 22.9 Å². The van der Waals surface area contributed by atoms with E-state index in [0.29, 0.717) is 18.9 Å². The van der Waals surface area contributed by atoms with E-state index in [1.165, 1.54) is 12.1 Å². The van der Waals surface area contributed by atoms with E-state index in [1.807, 2.05) is 11.5 Å². The monoisotopic (exact) mass is 342 g/mol. The summed E-state index contributed by atoms with van der Waals surface area (Å²) in [4.78, 5) is 10.9. The molecule has 6 nitrogen and oxygen atoms in total. The average molecular weight is 343 g/mol. The second kappa shape index (κ2) is 6.00. The molecule has 1 aromatic carbocycles. The first-order valence-corrected chi connectivity index (χ1v) is 6.65. The van der Waals surface area contributed by atoms with Gasteiger partial charge in [-0.25, -0.2) is 9.18 Å². The fourth-order valence-corrected chi connectivity index (χ4v) is 2.22. The molecule has 106 valence electrons. The van der Waals surface area contributed by atoms with Crippen LogP contribution >= 0.6 is 15.9 Å². The van der Waals surface area contributed by atoms with Gasteiger partial charge in [0, 0.05) is 6.54 Å². The van der Waals surface area contributed by atoms with E-state index >= 15 is 0 Å². The fourth-order valence-electron chi connectivity index (χ4n) is 1.71. The minimum atomic E-state index is -1.19. The van der Waals surface area contributed by atoms with E-state index < -0.39 is 11.8 Å². The molecule has 1 aromatic heterocycles. The third-order valence-corrected chi connectivity index (χ3v) is 3.56. The maximum atomic E-state index is 14.0. The first-order chi connectivity index (χ1) is 9.54. The zero-order chi connectivity index (χ0) is 14.7. The van der Waals surface area contributed by atoms with E-state index in [0.717, 1.165) is 0 Å². The van der Waals surface area contributed by atoms with Crippen LogP contribution in [0.25, 0.3) is 0 Å². The summed E-state index contributed by atoms with van der Waals surface area (Å²) in [5.74, 6) is -1.16. The molecule has 0 bridgehead atoms. The average Bonchev–Trinajstić information content (AvgIpc) is 2.87. The Morgan fingerprint density at radius 2 is 2.30 bits per heavy atom. The number of halogens is 2. The van der Waals surface area contributed by atoms with Gasteiger partial charge in [-0.15, -0.1) is 10.2 Å². The Bertz CT molecular complexity index is 644. The summed E-state index contributed by atoms with van der Waals surface area (Å²) in [6, 6.07) is 2.72. The van der Waals surface area contributed by atoms with Gasteiger partial charge < -0.3 is 15.0 Å². The molecule has 8 heteroatoms. The van der Waals surface area contributed by atoms with Crippen molar-refractivity contribution in [2.24, 2.45) is 0 Å². The van der Waals surface area contributed by atoms with Crippen LogP contribution in [0.2, 0.25) is 0 Å². The Labute approximate surface area is 122 Å². The summed E-state index contributed by atoms with van der Waals surface area (Å²) >= 11 is 2.95. The van der Waals surface area contributed by atoms with Crippen LogP contribution in [0.5, 0.6) is 0 Å². The van der Waals surface area contributed by atoms with Crippen LogP contribution in [-0.2, 0) is 13.1 Å². The summed E-state index contributed by atoms with van der Waals surface area (Å²) in [6.45, 7) is 2.96. The highest BCUT2D eigenvalue weighted by Crippen LogP contribution is 2.27. The maximum absolute atomic E-state index is 14.0. The molecule has 2 aromatic rings. The van der Waals surface area contributed by atoms with Crippen LogP contribution in [0, 0.1) is 5.82 Å². The normalized spacial score (nSPS) is 10.6. The predicted molar refractivity (Wildman–Crippen MR) is 74.1 cm³/mol. The van der Waals surface area contributed by atoms with Gasteiger partial charge >= 0.3 is 5.97 Å². The van der Waals surface area contributed by atoms with Crippen LogP contribution in [0.4, 0.5) is 10.1 Å². The number of anilines is 1. The minimum absolute atomic E-state index is 0.0769. The van der Waals surface area contributed by atoms with Crippen LogP contribution in [0.3, 0.4) is 0 Å². The third kappa shape index (κ3) is 2.79. The summed E-state index contributed by atoms with van der Waals surface area (Å²) in [5, 5.41) is 19.5. The summed E-state index contributed by atoms with van der Waals surface area (Å²) in [6.07, 6.45) is 1.59. The number of benzene rings is 1. The molecule has 0 aliphatic rings. The zero-order valence-corrected chi connectivity index (χ0v) is 12.2. The van der Waals surface area contributed by atoms with Crippen molar-refractivity contribution in [3.8, 4) is 0 Å². The van der Waals surface area contributed by atoms with E-state index in [9.17, 15) is 9.18 Å². The number of rotatable bonds is 5. The second-order valence-electron chi connectivity index (χ2n) is 3.98. The lowest BCUT2D eigenvalue weighted by Gasteiger charge is -2.10. The first kappa shape index (κ1) is 14.4. The molecule has 0 saturated carbocycles. The molecule has 0 radical (unpaired) electrons. The maximum Gasteiger partial charge on any atom is 0.336 e. The van der Waals surface area contributed by atoms with Crippen molar-refractivity contribution in [3.05, 3.63) is 40.1 Å². The van der Waals surface area contributed by atoms with Gasteiger partial charge in [-0.1, -0.05) is 0 Å². The van der Waals surface area contributed by atoms with Gasteiger partial charge in [0.2, 0.25) is 0 Å². The quantitative estimate of drug-likeness (QED) is 0.872. The number of aromatic nitrogens is 3. The highest BCUT2D eigenvalue weighted by atomic mass is 79.9. The molecule has 0 aliphatic heterocycles. The smallest absolute Gasteiger partial charge is 0.336 e. The van der Waals surface area contributed by atoms with Crippen molar-refractivity contribution in [1.29, 1.82) is 0 Å². The minimum Gasteiger partial charge on any atom is -0.478 e. The topological polar surface area (TPSA) is 80.0 Å². The van der Waals surface area contributed by atoms with Crippen molar-refractivity contribution in [3.63, 3.8) is 0 Å². The van der Waals surface area contributed by atoms with Crippen molar-refractivity contribution < 1.29 is 14.3 Å². The standard InChI is InChI=1S/C12H12BrFN4O2/c1-2-18-6-16-17-9(18)5-15-8-4-3-7(12(19)20)10(13)11(8)14/h3-4,6,15H,2,5H2,1H3,(H,19,20). The second-order valence-corrected chi connectivity index (χ2v) is 4.77. The Balaban J connectivity index is 2.19. The van der Waals surface area contributed by atoms with Crippen LogP contribution in [0.1, 0.15) is 23.1 Å². The molecule has 0 spiro atoms. The lowest BCUT2D eigenvalue weighted by molar-refractivity contribution is 0.0695. The number of carbonyl (C=O) groups is 1. The molecule has 2 rings (SSSR count). The number of hydrogen-bond donors (Lipinski definition) is 2. The zero-order valence-electron chi connectivity index (χ0n) is 10.6. The van der Waals surface area contributed by atoms with Gasteiger partial charge in [-0.2, -0.15) is 0 Å². The lowest BCUT2D eigenvalue weighted by Crippen LogP contribution is -2.09. The molecule has 1 heterocycles. The molecule has 20 heavy (non-hydrogen) atoms. The van der Waals surface area contributed by atoms with E-state index in [1.54, 1.807) is 6.33 Å². The molecule has 0 atom stereocenters. The van der Waals surface area contributed by atoms with Crippen LogP contribution in [-0.4, -0.2) is 25.8 Å². The van der Waals surface area contributed by atoms with Gasteiger partial charge in [0.15, 0.2) is 11.6 Å². The molecular weight excluding hydrogens is 331 g/mol. The highest BCUT2D eigenvalue weighted by Gasteiger charge is 2.16. The summed E-state index contributed by atoms with van der Waals surface area (Å²) < 4.78 is 15.8. The van der Waals surface area contributed by atoms with Gasteiger partial charge in [0.25, 0.3) is 0 Å². The molecule has 2 N–H and O–H groups in total. The van der Waals surface area contributed by atoms with Crippen LogP contribution < -0.4 is 5.32 Å². The number of hydrogen-bond acceptors (Lipinski definition) is 4. The molecule has 0 unspecified atom stereocenters. The van der Waals surface area contributed by atoms with E-state index in [4.69, 9.17) is 5.11 Å². The SMILES string of the molecule is CCn1cnnc1CNc1ccc(C(=O)O)c(Br)c1F. The Morgan fingerprint density at radius 1 is 1.55 bits per heavy atom. The molecule has 0 aliphatic carbocycles. The van der Waals surface area contributed by atoms with Gasteiger partial charge in [0.1, 0.15) is 6.33 Å². The Morgan fingerprint density at radius 3 is 2.95 bits per heavy atom. The fraction of sp³-hybridized carbons (Fsp3) is 0.250. The van der Waals surface area contributed by atoms with Gasteiger partial charge in [-0.05, 0) is 35.0 Å². The lowest BCUT2D eigenvalue weighted by atomic mass is 10.2. The predicted octanol–water partition coefficient (Wildman–Crippen LogP) is 2.51. The summed E-state index contributed by atoms with van der Waals surface area (Å²) in [7, 11) is 0. The van der Waals surface area contributed by atoms with Gasteiger partial charge in [-0.3, -0.25) is 0 Å². The number of aryl methyl sites for hydroxylation is 1. The molecular formula is C12H12BrFN4O2. The molecule has 0 fully saturated rings. The Hall–Kier alpha value is -1.96. The number of carboxylic acids is 1. The summed E-state index contributed by atoms with van der Waals surface area (Å²) in [5.41, 5.74) is 0.0808. The van der Waals surface area contributed by atoms with E-state index in [-0.39, 0.29) is 15.7 Å².